The second-order valence-corrected chi connectivity index (χ2v) is 4.38. The van der Waals surface area contributed by atoms with Gasteiger partial charge in [-0.2, -0.15) is 5.10 Å². The van der Waals surface area contributed by atoms with Crippen molar-refractivity contribution in [3.8, 4) is 0 Å². The average molecular weight is 222 g/mol. The number of carbonyl (C=O) groups is 1. The van der Waals surface area contributed by atoms with Crippen LogP contribution in [-0.2, 0) is 4.79 Å². The van der Waals surface area contributed by atoms with Crippen molar-refractivity contribution in [2.45, 2.75) is 26.2 Å². The minimum atomic E-state index is 0.0680. The summed E-state index contributed by atoms with van der Waals surface area (Å²) in [6.45, 7) is 3.97. The Labute approximate surface area is 95.0 Å². The molecule has 0 aliphatic carbocycles. The third kappa shape index (κ3) is 3.06. The minimum absolute atomic E-state index is 0.0680. The maximum atomic E-state index is 11.7. The molecule has 0 unspecified atom stereocenters. The van der Waals surface area contributed by atoms with E-state index in [9.17, 15) is 4.79 Å². The lowest BCUT2D eigenvalue weighted by molar-refractivity contribution is -0.117. The third-order valence-corrected chi connectivity index (χ3v) is 2.91. The van der Waals surface area contributed by atoms with Crippen LogP contribution in [0.2, 0.25) is 0 Å². The highest BCUT2D eigenvalue weighted by molar-refractivity contribution is 5.89. The van der Waals surface area contributed by atoms with Crippen molar-refractivity contribution in [1.82, 2.24) is 15.5 Å². The fourth-order valence-electron chi connectivity index (χ4n) is 2.02. The third-order valence-electron chi connectivity index (χ3n) is 2.91. The van der Waals surface area contributed by atoms with Crippen LogP contribution in [0.4, 0.5) is 5.82 Å². The number of H-pyrrole nitrogens is 1. The van der Waals surface area contributed by atoms with E-state index in [1.807, 2.05) is 13.0 Å². The number of aromatic amines is 1. The number of aryl methyl sites for hydroxylation is 1. The van der Waals surface area contributed by atoms with E-state index >= 15 is 0 Å². The van der Waals surface area contributed by atoms with E-state index in [4.69, 9.17) is 0 Å². The van der Waals surface area contributed by atoms with Gasteiger partial charge in [-0.05, 0) is 38.8 Å². The number of amides is 1. The van der Waals surface area contributed by atoms with E-state index in [1.54, 1.807) is 0 Å². The zero-order chi connectivity index (χ0) is 11.4. The van der Waals surface area contributed by atoms with E-state index in [-0.39, 0.29) is 5.91 Å². The molecule has 0 atom stereocenters. The van der Waals surface area contributed by atoms with Crippen molar-refractivity contribution in [1.29, 1.82) is 0 Å². The van der Waals surface area contributed by atoms with Gasteiger partial charge in [0.15, 0.2) is 5.82 Å². The van der Waals surface area contributed by atoms with E-state index in [0.29, 0.717) is 18.2 Å². The first-order chi connectivity index (χ1) is 7.74. The minimum Gasteiger partial charge on any atom is -0.317 e. The van der Waals surface area contributed by atoms with Gasteiger partial charge in [-0.1, -0.05) is 0 Å². The normalized spacial score (nSPS) is 17.3. The highest BCUT2D eigenvalue weighted by atomic mass is 16.1. The van der Waals surface area contributed by atoms with Gasteiger partial charge in [-0.15, -0.1) is 0 Å². The average Bonchev–Trinajstić information content (AvgIpc) is 2.65. The summed E-state index contributed by atoms with van der Waals surface area (Å²) >= 11 is 0. The lowest BCUT2D eigenvalue weighted by Gasteiger charge is -2.21. The van der Waals surface area contributed by atoms with Gasteiger partial charge in [0.1, 0.15) is 0 Å². The summed E-state index contributed by atoms with van der Waals surface area (Å²) in [4.78, 5) is 11.7. The SMILES string of the molecule is Cc1cc(NC(=O)CC2CCNCC2)n[nH]1. The molecule has 5 nitrogen and oxygen atoms in total. The van der Waals surface area contributed by atoms with Crippen LogP contribution in [0, 0.1) is 12.8 Å². The summed E-state index contributed by atoms with van der Waals surface area (Å²) in [5, 5.41) is 12.9. The zero-order valence-corrected chi connectivity index (χ0v) is 9.55. The van der Waals surface area contributed by atoms with Crippen molar-refractivity contribution in [2.75, 3.05) is 18.4 Å². The lowest BCUT2D eigenvalue weighted by Crippen LogP contribution is -2.30. The smallest absolute Gasteiger partial charge is 0.225 e. The number of nitrogens with zero attached hydrogens (tertiary/aromatic N) is 1. The van der Waals surface area contributed by atoms with E-state index in [0.717, 1.165) is 31.6 Å². The van der Waals surface area contributed by atoms with Crippen molar-refractivity contribution in [2.24, 2.45) is 5.92 Å². The Morgan fingerprint density at radius 3 is 2.94 bits per heavy atom. The maximum Gasteiger partial charge on any atom is 0.225 e. The summed E-state index contributed by atoms with van der Waals surface area (Å²) in [6, 6.07) is 1.83. The lowest BCUT2D eigenvalue weighted by atomic mass is 9.94. The van der Waals surface area contributed by atoms with E-state index in [1.165, 1.54) is 0 Å². The van der Waals surface area contributed by atoms with Crippen LogP contribution in [0.25, 0.3) is 0 Å². The number of aromatic nitrogens is 2. The molecule has 2 rings (SSSR count). The second-order valence-electron chi connectivity index (χ2n) is 4.38. The van der Waals surface area contributed by atoms with Crippen LogP contribution < -0.4 is 10.6 Å². The number of anilines is 1. The molecule has 2 heterocycles. The van der Waals surface area contributed by atoms with Gasteiger partial charge < -0.3 is 10.6 Å². The van der Waals surface area contributed by atoms with Crippen LogP contribution >= 0.6 is 0 Å². The number of rotatable bonds is 3. The Kier molecular flexibility index (Phi) is 3.56. The molecule has 1 aromatic heterocycles. The summed E-state index contributed by atoms with van der Waals surface area (Å²) in [6.07, 6.45) is 2.79. The van der Waals surface area contributed by atoms with Crippen LogP contribution in [0.3, 0.4) is 0 Å². The summed E-state index contributed by atoms with van der Waals surface area (Å²) in [5.41, 5.74) is 0.956. The van der Waals surface area contributed by atoms with Crippen molar-refractivity contribution in [3.05, 3.63) is 11.8 Å². The predicted molar refractivity (Wildman–Crippen MR) is 62.2 cm³/mol. The molecule has 0 aromatic carbocycles. The number of hydrogen-bond acceptors (Lipinski definition) is 3. The number of hydrogen-bond donors (Lipinski definition) is 3. The quantitative estimate of drug-likeness (QED) is 0.716. The van der Waals surface area contributed by atoms with Crippen LogP contribution in [0.15, 0.2) is 6.07 Å². The molecular weight excluding hydrogens is 204 g/mol. The Morgan fingerprint density at radius 1 is 1.56 bits per heavy atom. The Balaban J connectivity index is 1.79. The second kappa shape index (κ2) is 5.12. The molecule has 1 amide bonds. The predicted octanol–water partition coefficient (Wildman–Crippen LogP) is 1.05. The number of carbonyl (C=O) groups excluding carboxylic acids is 1. The first kappa shape index (κ1) is 11.1. The van der Waals surface area contributed by atoms with Gasteiger partial charge in [-0.3, -0.25) is 9.89 Å². The van der Waals surface area contributed by atoms with Crippen molar-refractivity contribution < 1.29 is 4.79 Å². The van der Waals surface area contributed by atoms with Gasteiger partial charge in [0, 0.05) is 18.2 Å². The molecule has 1 saturated heterocycles. The molecule has 88 valence electrons. The number of nitrogens with one attached hydrogen (secondary N) is 3. The van der Waals surface area contributed by atoms with Gasteiger partial charge in [0.2, 0.25) is 5.91 Å². The molecule has 1 aliphatic rings. The summed E-state index contributed by atoms with van der Waals surface area (Å²) < 4.78 is 0. The highest BCUT2D eigenvalue weighted by Crippen LogP contribution is 2.16. The van der Waals surface area contributed by atoms with Gasteiger partial charge in [0.25, 0.3) is 0 Å². The van der Waals surface area contributed by atoms with Crippen LogP contribution in [0.1, 0.15) is 25.0 Å². The first-order valence-corrected chi connectivity index (χ1v) is 5.76. The van der Waals surface area contributed by atoms with Gasteiger partial charge >= 0.3 is 0 Å². The maximum absolute atomic E-state index is 11.7. The van der Waals surface area contributed by atoms with E-state index < -0.39 is 0 Å². The molecule has 0 spiro atoms. The molecular formula is C11H18N4O. The molecule has 0 bridgehead atoms. The zero-order valence-electron chi connectivity index (χ0n) is 9.55. The van der Waals surface area contributed by atoms with Crippen LogP contribution in [-0.4, -0.2) is 29.2 Å². The topological polar surface area (TPSA) is 69.8 Å². The Morgan fingerprint density at radius 2 is 2.31 bits per heavy atom. The van der Waals surface area contributed by atoms with Gasteiger partial charge in [-0.25, -0.2) is 0 Å². The summed E-state index contributed by atoms with van der Waals surface area (Å²) in [7, 11) is 0. The largest absolute Gasteiger partial charge is 0.317 e. The molecule has 1 aromatic rings. The van der Waals surface area contributed by atoms with Gasteiger partial charge in [0.05, 0.1) is 0 Å². The standard InChI is InChI=1S/C11H18N4O/c1-8-6-10(15-14-8)13-11(16)7-9-2-4-12-5-3-9/h6,9,12H,2-5,7H2,1H3,(H2,13,14,15,16). The van der Waals surface area contributed by atoms with Crippen molar-refractivity contribution in [3.63, 3.8) is 0 Å². The Hall–Kier alpha value is -1.36. The Bertz CT molecular complexity index is 355. The fourth-order valence-corrected chi connectivity index (χ4v) is 2.02. The molecule has 0 saturated carbocycles. The monoisotopic (exact) mass is 222 g/mol. The first-order valence-electron chi connectivity index (χ1n) is 5.76. The molecule has 3 N–H and O–H groups in total. The number of piperidine rings is 1. The van der Waals surface area contributed by atoms with Crippen LogP contribution in [0.5, 0.6) is 0 Å². The van der Waals surface area contributed by atoms with Crippen molar-refractivity contribution >= 4 is 11.7 Å². The highest BCUT2D eigenvalue weighted by Gasteiger charge is 2.17. The summed E-state index contributed by atoms with van der Waals surface area (Å²) in [5.74, 6) is 1.20. The molecule has 1 aliphatic heterocycles. The molecule has 0 radical (unpaired) electrons. The molecule has 16 heavy (non-hydrogen) atoms. The fraction of sp³-hybridized carbons (Fsp3) is 0.636. The molecule has 1 fully saturated rings. The van der Waals surface area contributed by atoms with E-state index in [2.05, 4.69) is 20.8 Å². The molecule has 5 heteroatoms.